The average Bonchev–Trinajstić information content (AvgIpc) is 2.75. The molecule has 1 N–H and O–H groups in total. The molecule has 0 fully saturated rings. The molecule has 0 unspecified atom stereocenters. The van der Waals surface area contributed by atoms with Crippen LogP contribution in [0.25, 0.3) is 16.7 Å². The Kier molecular flexibility index (Phi) is 3.05. The number of benzene rings is 2. The lowest BCUT2D eigenvalue weighted by molar-refractivity contribution is 0.415. The van der Waals surface area contributed by atoms with Gasteiger partial charge in [0.25, 0.3) is 0 Å². The van der Waals surface area contributed by atoms with E-state index in [4.69, 9.17) is 28.6 Å². The summed E-state index contributed by atoms with van der Waals surface area (Å²) in [5.74, 6) is 0.631. The van der Waals surface area contributed by atoms with E-state index in [1.807, 2.05) is 41.0 Å². The molecule has 1 heterocycles. The molecule has 0 aliphatic carbocycles. The maximum atomic E-state index is 6.05. The lowest BCUT2D eigenvalue weighted by Gasteiger charge is -2.08. The highest BCUT2D eigenvalue weighted by molar-refractivity contribution is 7.71. The minimum Gasteiger partial charge on any atom is -0.495 e. The van der Waals surface area contributed by atoms with Crippen molar-refractivity contribution in [1.29, 1.82) is 0 Å². The zero-order valence-corrected chi connectivity index (χ0v) is 11.8. The first-order chi connectivity index (χ1) is 9.20. The molecule has 0 amide bonds. The zero-order valence-electron chi connectivity index (χ0n) is 10.2. The van der Waals surface area contributed by atoms with Gasteiger partial charge in [0.2, 0.25) is 0 Å². The van der Waals surface area contributed by atoms with Crippen LogP contribution in [0.4, 0.5) is 0 Å². The molecule has 0 bridgehead atoms. The minimum absolute atomic E-state index is 0.581. The topological polar surface area (TPSA) is 29.9 Å². The van der Waals surface area contributed by atoms with Crippen molar-refractivity contribution >= 4 is 34.9 Å². The van der Waals surface area contributed by atoms with Gasteiger partial charge in [-0.05, 0) is 36.5 Å². The van der Waals surface area contributed by atoms with E-state index in [0.717, 1.165) is 16.7 Å². The van der Waals surface area contributed by atoms with Crippen LogP contribution in [0.2, 0.25) is 5.02 Å². The molecule has 0 aliphatic heterocycles. The summed E-state index contributed by atoms with van der Waals surface area (Å²) in [5, 5.41) is 0.581. The zero-order chi connectivity index (χ0) is 13.4. The Hall–Kier alpha value is -1.78. The molecule has 19 heavy (non-hydrogen) atoms. The van der Waals surface area contributed by atoms with Gasteiger partial charge < -0.3 is 9.72 Å². The number of nitrogens with one attached hydrogen (secondary N) is 1. The molecule has 0 spiro atoms. The van der Waals surface area contributed by atoms with Crippen LogP contribution in [0.3, 0.4) is 0 Å². The van der Waals surface area contributed by atoms with Crippen LogP contribution in [-0.4, -0.2) is 16.7 Å². The third-order valence-corrected chi connectivity index (χ3v) is 3.58. The van der Waals surface area contributed by atoms with Gasteiger partial charge in [-0.1, -0.05) is 23.7 Å². The SMILES string of the molecule is COc1cc(-n2c(=S)[nH]c3ccccc32)ccc1Cl. The molecular formula is C14H11ClN2OS. The quantitative estimate of drug-likeness (QED) is 0.711. The number of hydrogen-bond donors (Lipinski definition) is 1. The fraction of sp³-hybridized carbons (Fsp3) is 0.0714. The van der Waals surface area contributed by atoms with Crippen LogP contribution >= 0.6 is 23.8 Å². The van der Waals surface area contributed by atoms with E-state index < -0.39 is 0 Å². The Morgan fingerprint density at radius 3 is 2.79 bits per heavy atom. The molecule has 0 radical (unpaired) electrons. The molecule has 2 aromatic carbocycles. The Morgan fingerprint density at radius 2 is 2.00 bits per heavy atom. The second-order valence-corrected chi connectivity index (χ2v) is 4.90. The van der Waals surface area contributed by atoms with Crippen LogP contribution < -0.4 is 4.74 Å². The van der Waals surface area contributed by atoms with E-state index >= 15 is 0 Å². The van der Waals surface area contributed by atoms with Crippen molar-refractivity contribution in [2.24, 2.45) is 0 Å². The van der Waals surface area contributed by atoms with Crippen LogP contribution in [0.15, 0.2) is 42.5 Å². The Labute approximate surface area is 120 Å². The highest BCUT2D eigenvalue weighted by Gasteiger charge is 2.08. The number of aromatic nitrogens is 2. The van der Waals surface area contributed by atoms with E-state index in [1.54, 1.807) is 13.2 Å². The molecule has 3 aromatic rings. The fourth-order valence-electron chi connectivity index (χ4n) is 2.10. The standard InChI is InChI=1S/C14H11ClN2OS/c1-18-13-8-9(6-7-10(13)15)17-12-5-3-2-4-11(12)16-14(17)19/h2-8H,1H3,(H,16,19). The normalized spacial score (nSPS) is 10.8. The van der Waals surface area contributed by atoms with Crippen molar-refractivity contribution < 1.29 is 4.74 Å². The fourth-order valence-corrected chi connectivity index (χ4v) is 2.61. The van der Waals surface area contributed by atoms with Gasteiger partial charge >= 0.3 is 0 Å². The molecule has 3 rings (SSSR count). The van der Waals surface area contributed by atoms with Crippen LogP contribution in [0.5, 0.6) is 5.75 Å². The van der Waals surface area contributed by atoms with E-state index in [-0.39, 0.29) is 0 Å². The Bertz CT molecular complexity index is 807. The summed E-state index contributed by atoms with van der Waals surface area (Å²) in [6, 6.07) is 13.6. The van der Waals surface area contributed by atoms with Gasteiger partial charge in [0, 0.05) is 6.07 Å². The number of aromatic amines is 1. The first-order valence-electron chi connectivity index (χ1n) is 5.74. The second kappa shape index (κ2) is 4.72. The van der Waals surface area contributed by atoms with E-state index in [9.17, 15) is 0 Å². The number of fused-ring (bicyclic) bond motifs is 1. The third-order valence-electron chi connectivity index (χ3n) is 2.98. The van der Waals surface area contributed by atoms with E-state index in [0.29, 0.717) is 15.5 Å². The number of para-hydroxylation sites is 2. The number of methoxy groups -OCH3 is 1. The Balaban J connectivity index is 2.30. The van der Waals surface area contributed by atoms with Crippen molar-refractivity contribution in [1.82, 2.24) is 9.55 Å². The van der Waals surface area contributed by atoms with Crippen LogP contribution in [0, 0.1) is 4.77 Å². The molecule has 1 aromatic heterocycles. The van der Waals surface area contributed by atoms with Gasteiger partial charge in [-0.2, -0.15) is 0 Å². The van der Waals surface area contributed by atoms with E-state index in [1.165, 1.54) is 0 Å². The van der Waals surface area contributed by atoms with Gasteiger partial charge in [0.15, 0.2) is 4.77 Å². The number of nitrogens with zero attached hydrogens (tertiary/aromatic N) is 1. The van der Waals surface area contributed by atoms with Gasteiger partial charge in [0.05, 0.1) is 28.9 Å². The van der Waals surface area contributed by atoms with Crippen molar-refractivity contribution in [3.63, 3.8) is 0 Å². The number of H-pyrrole nitrogens is 1. The second-order valence-electron chi connectivity index (χ2n) is 4.10. The number of hydrogen-bond acceptors (Lipinski definition) is 2. The predicted molar refractivity (Wildman–Crippen MR) is 80.0 cm³/mol. The molecule has 5 heteroatoms. The summed E-state index contributed by atoms with van der Waals surface area (Å²) in [7, 11) is 1.60. The summed E-state index contributed by atoms with van der Waals surface area (Å²) < 4.78 is 7.85. The largest absolute Gasteiger partial charge is 0.495 e. The summed E-state index contributed by atoms with van der Waals surface area (Å²) in [4.78, 5) is 3.18. The van der Waals surface area contributed by atoms with Gasteiger partial charge in [-0.25, -0.2) is 0 Å². The molecule has 3 nitrogen and oxygen atoms in total. The monoisotopic (exact) mass is 290 g/mol. The number of halogens is 1. The van der Waals surface area contributed by atoms with Crippen molar-refractivity contribution in [3.05, 3.63) is 52.3 Å². The number of rotatable bonds is 2. The lowest BCUT2D eigenvalue weighted by atomic mass is 10.2. The Morgan fingerprint density at radius 1 is 1.21 bits per heavy atom. The van der Waals surface area contributed by atoms with Crippen molar-refractivity contribution in [2.75, 3.05) is 7.11 Å². The summed E-state index contributed by atoms with van der Waals surface area (Å²) in [6.45, 7) is 0. The maximum Gasteiger partial charge on any atom is 0.182 e. The number of ether oxygens (including phenoxy) is 1. The maximum absolute atomic E-state index is 6.05. The van der Waals surface area contributed by atoms with Crippen LogP contribution in [-0.2, 0) is 0 Å². The first kappa shape index (κ1) is 12.3. The van der Waals surface area contributed by atoms with Gasteiger partial charge in [0.1, 0.15) is 5.75 Å². The third kappa shape index (κ3) is 2.03. The molecular weight excluding hydrogens is 280 g/mol. The molecule has 0 atom stereocenters. The molecule has 0 saturated carbocycles. The first-order valence-corrected chi connectivity index (χ1v) is 6.53. The van der Waals surface area contributed by atoms with Gasteiger partial charge in [-0.3, -0.25) is 4.57 Å². The smallest absolute Gasteiger partial charge is 0.182 e. The summed E-state index contributed by atoms with van der Waals surface area (Å²) in [6.07, 6.45) is 0. The lowest BCUT2D eigenvalue weighted by Crippen LogP contribution is -1.95. The summed E-state index contributed by atoms with van der Waals surface area (Å²) in [5.41, 5.74) is 2.95. The van der Waals surface area contributed by atoms with Crippen molar-refractivity contribution in [3.8, 4) is 11.4 Å². The van der Waals surface area contributed by atoms with E-state index in [2.05, 4.69) is 4.98 Å². The molecule has 0 saturated heterocycles. The van der Waals surface area contributed by atoms with Crippen LogP contribution in [0.1, 0.15) is 0 Å². The van der Waals surface area contributed by atoms with Gasteiger partial charge in [-0.15, -0.1) is 0 Å². The molecule has 0 aliphatic rings. The summed E-state index contributed by atoms with van der Waals surface area (Å²) >= 11 is 11.4. The average molecular weight is 291 g/mol. The highest BCUT2D eigenvalue weighted by atomic mass is 35.5. The van der Waals surface area contributed by atoms with Crippen molar-refractivity contribution in [2.45, 2.75) is 0 Å². The highest BCUT2D eigenvalue weighted by Crippen LogP contribution is 2.28. The predicted octanol–water partition coefficient (Wildman–Crippen LogP) is 4.35. The minimum atomic E-state index is 0.581. The molecule has 96 valence electrons. The number of imidazole rings is 1.